The van der Waals surface area contributed by atoms with E-state index in [1.54, 1.807) is 0 Å². The summed E-state index contributed by atoms with van der Waals surface area (Å²) in [6.45, 7) is 7.32. The standard InChI is InChI=1S/C18H28N2O/c1-15(2)10-11-18(21)19-14-17(20-12-6-7-13-20)16-8-4-3-5-9-16/h3-5,8-9,15,17H,6-7,10-14H2,1-2H3,(H,19,21). The van der Waals surface area contributed by atoms with E-state index in [1.807, 2.05) is 6.07 Å². The number of benzene rings is 1. The van der Waals surface area contributed by atoms with Crippen molar-refractivity contribution < 1.29 is 4.79 Å². The predicted molar refractivity (Wildman–Crippen MR) is 87.1 cm³/mol. The van der Waals surface area contributed by atoms with Crippen molar-refractivity contribution in [2.24, 2.45) is 5.92 Å². The fraction of sp³-hybridized carbons (Fsp3) is 0.611. The van der Waals surface area contributed by atoms with Gasteiger partial charge in [-0.15, -0.1) is 0 Å². The molecule has 3 nitrogen and oxygen atoms in total. The largest absolute Gasteiger partial charge is 0.354 e. The maximum absolute atomic E-state index is 12.0. The monoisotopic (exact) mass is 288 g/mol. The second kappa shape index (κ2) is 8.18. The summed E-state index contributed by atoms with van der Waals surface area (Å²) in [5.41, 5.74) is 1.31. The van der Waals surface area contributed by atoms with Gasteiger partial charge < -0.3 is 5.32 Å². The van der Waals surface area contributed by atoms with Gasteiger partial charge in [0, 0.05) is 13.0 Å². The third-order valence-corrected chi connectivity index (χ3v) is 4.21. The minimum Gasteiger partial charge on any atom is -0.354 e. The lowest BCUT2D eigenvalue weighted by Crippen LogP contribution is -2.36. The first-order valence-electron chi connectivity index (χ1n) is 8.22. The number of carbonyl (C=O) groups is 1. The van der Waals surface area contributed by atoms with Crippen LogP contribution in [0.3, 0.4) is 0 Å². The number of amides is 1. The number of hydrogen-bond acceptors (Lipinski definition) is 2. The average Bonchev–Trinajstić information content (AvgIpc) is 3.00. The van der Waals surface area contributed by atoms with Gasteiger partial charge in [-0.1, -0.05) is 44.2 Å². The smallest absolute Gasteiger partial charge is 0.220 e. The van der Waals surface area contributed by atoms with Crippen molar-refractivity contribution in [2.75, 3.05) is 19.6 Å². The molecule has 1 heterocycles. The fourth-order valence-corrected chi connectivity index (χ4v) is 2.90. The third-order valence-electron chi connectivity index (χ3n) is 4.21. The highest BCUT2D eigenvalue weighted by Crippen LogP contribution is 2.24. The van der Waals surface area contributed by atoms with Crippen LogP contribution in [0.25, 0.3) is 0 Å². The molecule has 1 aliphatic rings. The van der Waals surface area contributed by atoms with Gasteiger partial charge in [0.05, 0.1) is 6.04 Å². The van der Waals surface area contributed by atoms with Crippen LogP contribution in [0.5, 0.6) is 0 Å². The van der Waals surface area contributed by atoms with E-state index >= 15 is 0 Å². The van der Waals surface area contributed by atoms with Crippen LogP contribution in [0.1, 0.15) is 51.1 Å². The first-order chi connectivity index (χ1) is 10.2. The van der Waals surface area contributed by atoms with Crippen LogP contribution in [0.2, 0.25) is 0 Å². The maximum Gasteiger partial charge on any atom is 0.220 e. The number of likely N-dealkylation sites (tertiary alicyclic amines) is 1. The van der Waals surface area contributed by atoms with Crippen LogP contribution < -0.4 is 5.32 Å². The predicted octanol–water partition coefficient (Wildman–Crippen LogP) is 3.38. The highest BCUT2D eigenvalue weighted by atomic mass is 16.1. The molecule has 1 atom stereocenters. The molecule has 0 bridgehead atoms. The van der Waals surface area contributed by atoms with Crippen molar-refractivity contribution in [1.82, 2.24) is 10.2 Å². The average molecular weight is 288 g/mol. The molecule has 1 saturated heterocycles. The van der Waals surface area contributed by atoms with E-state index in [1.165, 1.54) is 18.4 Å². The molecule has 1 fully saturated rings. The number of rotatable bonds is 7. The Morgan fingerprint density at radius 3 is 2.48 bits per heavy atom. The fourth-order valence-electron chi connectivity index (χ4n) is 2.90. The van der Waals surface area contributed by atoms with E-state index in [4.69, 9.17) is 0 Å². The van der Waals surface area contributed by atoms with Gasteiger partial charge in [0.15, 0.2) is 0 Å². The Balaban J connectivity index is 1.92. The van der Waals surface area contributed by atoms with Crippen LogP contribution in [-0.2, 0) is 4.79 Å². The van der Waals surface area contributed by atoms with Gasteiger partial charge in [-0.25, -0.2) is 0 Å². The first-order valence-corrected chi connectivity index (χ1v) is 8.22. The topological polar surface area (TPSA) is 32.3 Å². The number of nitrogens with one attached hydrogen (secondary N) is 1. The Kier molecular flexibility index (Phi) is 6.24. The van der Waals surface area contributed by atoms with Gasteiger partial charge in [-0.3, -0.25) is 9.69 Å². The maximum atomic E-state index is 12.0. The lowest BCUT2D eigenvalue weighted by atomic mass is 10.0. The molecule has 1 aromatic rings. The number of nitrogens with zero attached hydrogens (tertiary/aromatic N) is 1. The summed E-state index contributed by atoms with van der Waals surface area (Å²) in [4.78, 5) is 14.5. The van der Waals surface area contributed by atoms with Crippen molar-refractivity contribution in [3.63, 3.8) is 0 Å². The van der Waals surface area contributed by atoms with Crippen molar-refractivity contribution in [1.29, 1.82) is 0 Å². The molecule has 21 heavy (non-hydrogen) atoms. The quantitative estimate of drug-likeness (QED) is 0.834. The Bertz CT molecular complexity index is 424. The molecule has 1 aromatic carbocycles. The number of hydrogen-bond donors (Lipinski definition) is 1. The van der Waals surface area contributed by atoms with Crippen LogP contribution in [-0.4, -0.2) is 30.4 Å². The van der Waals surface area contributed by atoms with Gasteiger partial charge in [0.25, 0.3) is 0 Å². The highest BCUT2D eigenvalue weighted by molar-refractivity contribution is 5.75. The molecule has 116 valence electrons. The first kappa shape index (κ1) is 16.0. The molecule has 0 saturated carbocycles. The molecule has 0 radical (unpaired) electrons. The molecule has 0 aliphatic carbocycles. The second-order valence-electron chi connectivity index (χ2n) is 6.41. The van der Waals surface area contributed by atoms with Crippen LogP contribution in [0.4, 0.5) is 0 Å². The van der Waals surface area contributed by atoms with E-state index in [-0.39, 0.29) is 5.91 Å². The van der Waals surface area contributed by atoms with Gasteiger partial charge in [0.1, 0.15) is 0 Å². The minimum atomic E-state index is 0.184. The molecule has 3 heteroatoms. The van der Waals surface area contributed by atoms with Crippen LogP contribution in [0, 0.1) is 5.92 Å². The molecule has 1 aliphatic heterocycles. The minimum absolute atomic E-state index is 0.184. The lowest BCUT2D eigenvalue weighted by molar-refractivity contribution is -0.121. The molecule has 0 spiro atoms. The number of carbonyl (C=O) groups excluding carboxylic acids is 1. The van der Waals surface area contributed by atoms with Gasteiger partial charge in [-0.2, -0.15) is 0 Å². The van der Waals surface area contributed by atoms with E-state index in [0.29, 0.717) is 18.4 Å². The zero-order chi connectivity index (χ0) is 15.1. The summed E-state index contributed by atoms with van der Waals surface area (Å²) < 4.78 is 0. The normalized spacial score (nSPS) is 17.1. The van der Waals surface area contributed by atoms with Gasteiger partial charge in [0.2, 0.25) is 5.91 Å². The summed E-state index contributed by atoms with van der Waals surface area (Å²) in [6, 6.07) is 10.9. The van der Waals surface area contributed by atoms with Crippen molar-refractivity contribution >= 4 is 5.91 Å². The Labute approximate surface area is 128 Å². The molecule has 1 N–H and O–H groups in total. The summed E-state index contributed by atoms with van der Waals surface area (Å²) in [7, 11) is 0. The van der Waals surface area contributed by atoms with Crippen molar-refractivity contribution in [3.8, 4) is 0 Å². The van der Waals surface area contributed by atoms with Crippen LogP contribution in [0.15, 0.2) is 30.3 Å². The van der Waals surface area contributed by atoms with Crippen molar-refractivity contribution in [3.05, 3.63) is 35.9 Å². The summed E-state index contributed by atoms with van der Waals surface area (Å²) in [6.07, 6.45) is 4.14. The highest BCUT2D eigenvalue weighted by Gasteiger charge is 2.23. The molecule has 1 unspecified atom stereocenters. The SMILES string of the molecule is CC(C)CCC(=O)NCC(c1ccccc1)N1CCCC1. The molecular weight excluding hydrogens is 260 g/mol. The van der Waals surface area contributed by atoms with Crippen LogP contribution >= 0.6 is 0 Å². The second-order valence-corrected chi connectivity index (χ2v) is 6.41. The van der Waals surface area contributed by atoms with Gasteiger partial charge >= 0.3 is 0 Å². The molecular formula is C18H28N2O. The van der Waals surface area contributed by atoms with Gasteiger partial charge in [-0.05, 0) is 43.8 Å². The molecule has 0 aromatic heterocycles. The summed E-state index contributed by atoms with van der Waals surface area (Å²) >= 11 is 0. The summed E-state index contributed by atoms with van der Waals surface area (Å²) in [5, 5.41) is 3.13. The molecule has 2 rings (SSSR count). The van der Waals surface area contributed by atoms with E-state index in [2.05, 4.69) is 48.3 Å². The third kappa shape index (κ3) is 5.16. The Morgan fingerprint density at radius 1 is 1.19 bits per heavy atom. The Morgan fingerprint density at radius 2 is 1.86 bits per heavy atom. The molecule has 1 amide bonds. The lowest BCUT2D eigenvalue weighted by Gasteiger charge is -2.28. The zero-order valence-corrected chi connectivity index (χ0v) is 13.3. The van der Waals surface area contributed by atoms with E-state index in [9.17, 15) is 4.79 Å². The Hall–Kier alpha value is -1.35. The van der Waals surface area contributed by atoms with Crippen molar-refractivity contribution in [2.45, 2.75) is 45.6 Å². The van der Waals surface area contributed by atoms with E-state index in [0.717, 1.165) is 26.1 Å². The van der Waals surface area contributed by atoms with E-state index < -0.39 is 0 Å². The summed E-state index contributed by atoms with van der Waals surface area (Å²) in [5.74, 6) is 0.767. The zero-order valence-electron chi connectivity index (χ0n) is 13.3.